The fraction of sp³-hybridized carbons (Fsp3) is 0.444. The summed E-state index contributed by atoms with van der Waals surface area (Å²) in [6.07, 6.45) is -0.0901. The van der Waals surface area contributed by atoms with Crippen LogP contribution >= 0.6 is 0 Å². The van der Waals surface area contributed by atoms with E-state index in [1.54, 1.807) is 0 Å². The number of pyridine rings is 1. The van der Waals surface area contributed by atoms with Gasteiger partial charge in [0.1, 0.15) is 28.9 Å². The van der Waals surface area contributed by atoms with Crippen LogP contribution in [0.3, 0.4) is 0 Å². The van der Waals surface area contributed by atoms with Gasteiger partial charge < -0.3 is 19.3 Å². The van der Waals surface area contributed by atoms with Crippen LogP contribution in [-0.2, 0) is 17.5 Å². The molecule has 1 N–H and O–H groups in total. The van der Waals surface area contributed by atoms with E-state index in [0.717, 1.165) is 50.1 Å². The van der Waals surface area contributed by atoms with Gasteiger partial charge in [0.15, 0.2) is 0 Å². The normalized spacial score (nSPS) is 22.9. The molecule has 4 heterocycles. The average molecular weight is 549 g/mol. The Morgan fingerprint density at radius 3 is 2.36 bits per heavy atom. The number of nitrogens with zero attached hydrogens (tertiary/aromatic N) is 3. The maximum atomic E-state index is 14.5. The molecule has 1 saturated carbocycles. The Hall–Kier alpha value is -3.54. The zero-order chi connectivity index (χ0) is 27.5. The van der Waals surface area contributed by atoms with Crippen molar-refractivity contribution in [2.45, 2.75) is 75.4 Å². The Balaban J connectivity index is 1.21. The van der Waals surface area contributed by atoms with Crippen molar-refractivity contribution < 1.29 is 41.1 Å². The highest BCUT2D eigenvalue weighted by atomic mass is 19.4. The minimum absolute atomic E-state index is 0.0341. The molecule has 1 aliphatic carbocycles. The molecule has 7 nitrogen and oxygen atoms in total. The molecule has 3 atom stereocenters. The van der Waals surface area contributed by atoms with E-state index >= 15 is 0 Å². The first-order valence-electron chi connectivity index (χ1n) is 12.7. The molecule has 3 aromatic rings. The van der Waals surface area contributed by atoms with E-state index < -0.39 is 34.9 Å². The third kappa shape index (κ3) is 4.75. The number of aromatic nitrogens is 2. The summed E-state index contributed by atoms with van der Waals surface area (Å²) < 4.78 is 81.5. The maximum Gasteiger partial charge on any atom is 0.417 e. The summed E-state index contributed by atoms with van der Waals surface area (Å²) in [5, 5.41) is 13.2. The van der Waals surface area contributed by atoms with Gasteiger partial charge in [-0.15, -0.1) is 0 Å². The second-order valence-electron chi connectivity index (χ2n) is 10.3. The summed E-state index contributed by atoms with van der Waals surface area (Å²) in [7, 11) is 0. The lowest BCUT2D eigenvalue weighted by molar-refractivity contribution is -0.138. The first kappa shape index (κ1) is 25.7. The van der Waals surface area contributed by atoms with Crippen molar-refractivity contribution >= 4 is 11.8 Å². The molecule has 6 rings (SSSR count). The number of anilines is 1. The summed E-state index contributed by atoms with van der Waals surface area (Å²) >= 11 is 0. The lowest BCUT2D eigenvalue weighted by Crippen LogP contribution is -2.46. The second-order valence-corrected chi connectivity index (χ2v) is 10.3. The van der Waals surface area contributed by atoms with Gasteiger partial charge >= 0.3 is 12.1 Å². The Bertz CT molecular complexity index is 1390. The highest BCUT2D eigenvalue weighted by Crippen LogP contribution is 2.46. The Morgan fingerprint density at radius 1 is 1.10 bits per heavy atom. The van der Waals surface area contributed by atoms with Crippen molar-refractivity contribution in [3.05, 3.63) is 64.5 Å². The molecule has 12 heteroatoms. The van der Waals surface area contributed by atoms with E-state index in [-0.39, 0.29) is 47.8 Å². The average Bonchev–Trinajstić information content (AvgIpc) is 3.59. The zero-order valence-corrected chi connectivity index (χ0v) is 20.5. The number of carboxylic acids is 1. The quantitative estimate of drug-likeness (QED) is 0.345. The predicted octanol–water partition coefficient (Wildman–Crippen LogP) is 6.33. The number of aromatic carboxylic acids is 1. The minimum Gasteiger partial charge on any atom is -0.478 e. The van der Waals surface area contributed by atoms with E-state index in [0.29, 0.717) is 24.2 Å². The first-order valence-corrected chi connectivity index (χ1v) is 12.7. The molecule has 2 aliphatic heterocycles. The summed E-state index contributed by atoms with van der Waals surface area (Å²) in [5.74, 6) is -2.41. The molecule has 2 bridgehead atoms. The van der Waals surface area contributed by atoms with Crippen LogP contribution in [0.2, 0.25) is 0 Å². The van der Waals surface area contributed by atoms with Gasteiger partial charge in [-0.3, -0.25) is 0 Å². The summed E-state index contributed by atoms with van der Waals surface area (Å²) in [6.45, 7) is 0.0341. The van der Waals surface area contributed by atoms with Crippen LogP contribution in [0.4, 0.5) is 27.8 Å². The van der Waals surface area contributed by atoms with Gasteiger partial charge in [0.2, 0.25) is 0 Å². The van der Waals surface area contributed by atoms with Crippen molar-refractivity contribution in [2.75, 3.05) is 4.90 Å². The second kappa shape index (κ2) is 9.58. The van der Waals surface area contributed by atoms with Crippen molar-refractivity contribution in [3.8, 4) is 11.3 Å². The van der Waals surface area contributed by atoms with Gasteiger partial charge in [-0.05, 0) is 56.7 Å². The molecule has 206 valence electrons. The molecule has 39 heavy (non-hydrogen) atoms. The third-order valence-electron chi connectivity index (χ3n) is 7.81. The van der Waals surface area contributed by atoms with Gasteiger partial charge in [-0.2, -0.15) is 13.2 Å². The Labute approximate surface area is 219 Å². The number of halogens is 5. The first-order chi connectivity index (χ1) is 18.6. The molecule has 0 radical (unpaired) electrons. The van der Waals surface area contributed by atoms with Crippen LogP contribution in [0.1, 0.15) is 71.7 Å². The fourth-order valence-electron chi connectivity index (χ4n) is 5.88. The van der Waals surface area contributed by atoms with Crippen LogP contribution in [0, 0.1) is 11.6 Å². The topological polar surface area (TPSA) is 88.7 Å². The van der Waals surface area contributed by atoms with Gasteiger partial charge in [-0.1, -0.05) is 11.2 Å². The monoisotopic (exact) mass is 549 g/mol. The van der Waals surface area contributed by atoms with Gasteiger partial charge in [0, 0.05) is 29.8 Å². The Kier molecular flexibility index (Phi) is 6.32. The van der Waals surface area contributed by atoms with E-state index in [1.165, 1.54) is 6.07 Å². The van der Waals surface area contributed by atoms with Crippen LogP contribution in [0.15, 0.2) is 35.0 Å². The molecular formula is C27H24F5N3O4. The smallest absolute Gasteiger partial charge is 0.417 e. The van der Waals surface area contributed by atoms with Gasteiger partial charge in [0.25, 0.3) is 0 Å². The van der Waals surface area contributed by atoms with Crippen molar-refractivity contribution in [1.29, 1.82) is 0 Å². The van der Waals surface area contributed by atoms with Gasteiger partial charge in [-0.25, -0.2) is 18.6 Å². The summed E-state index contributed by atoms with van der Waals surface area (Å²) in [6, 6.07) is 4.10. The summed E-state index contributed by atoms with van der Waals surface area (Å²) in [5.41, 5.74) is -1.80. The number of benzene rings is 1. The molecule has 2 unspecified atom stereocenters. The third-order valence-corrected chi connectivity index (χ3v) is 7.81. The van der Waals surface area contributed by atoms with Crippen molar-refractivity contribution in [2.24, 2.45) is 0 Å². The largest absolute Gasteiger partial charge is 0.478 e. The maximum absolute atomic E-state index is 14.5. The molecule has 0 amide bonds. The molecule has 3 aliphatic rings. The number of alkyl halides is 3. The molecule has 2 saturated heterocycles. The predicted molar refractivity (Wildman–Crippen MR) is 127 cm³/mol. The lowest BCUT2D eigenvalue weighted by Gasteiger charge is -2.40. The number of rotatable bonds is 7. The molecule has 3 fully saturated rings. The van der Waals surface area contributed by atoms with Crippen LogP contribution < -0.4 is 4.90 Å². The van der Waals surface area contributed by atoms with Crippen molar-refractivity contribution in [3.63, 3.8) is 0 Å². The van der Waals surface area contributed by atoms with E-state index in [9.17, 15) is 31.9 Å². The van der Waals surface area contributed by atoms with Crippen LogP contribution in [0.5, 0.6) is 0 Å². The number of piperidine rings is 1. The number of hydrogen-bond donors (Lipinski definition) is 1. The molecule has 0 spiro atoms. The number of ether oxygens (including phenoxy) is 1. The Morgan fingerprint density at radius 2 is 1.77 bits per heavy atom. The SMILES string of the molecule is O=C(O)c1cnc(N2C3CC[C@H]2CC(OCc2c(-c4c(F)cccc4F)noc2C2CC2)C3)cc1C(F)(F)F. The van der Waals surface area contributed by atoms with Crippen molar-refractivity contribution in [1.82, 2.24) is 10.1 Å². The van der Waals surface area contributed by atoms with E-state index in [1.807, 2.05) is 4.90 Å². The fourth-order valence-corrected chi connectivity index (χ4v) is 5.88. The van der Waals surface area contributed by atoms with E-state index in [4.69, 9.17) is 9.26 Å². The molecule has 2 aromatic heterocycles. The molecule has 1 aromatic carbocycles. The van der Waals surface area contributed by atoms with Gasteiger partial charge in [0.05, 0.1) is 29.4 Å². The highest BCUT2D eigenvalue weighted by Gasteiger charge is 2.44. The highest BCUT2D eigenvalue weighted by molar-refractivity contribution is 5.89. The molecular weight excluding hydrogens is 525 g/mol. The zero-order valence-electron chi connectivity index (χ0n) is 20.5. The van der Waals surface area contributed by atoms with Crippen LogP contribution in [-0.4, -0.2) is 39.4 Å². The minimum atomic E-state index is -4.83. The summed E-state index contributed by atoms with van der Waals surface area (Å²) in [4.78, 5) is 17.2. The van der Waals surface area contributed by atoms with E-state index in [2.05, 4.69) is 10.1 Å². The number of hydrogen-bond acceptors (Lipinski definition) is 6. The number of carbonyl (C=O) groups is 1. The number of fused-ring (bicyclic) bond motifs is 2. The number of carboxylic acid groups (broad SMARTS) is 1. The standard InChI is InChI=1S/C27H24F5N3O4/c28-20-2-1-3-21(29)23(20)24-18(25(39-34-24)13-4-5-13)12-38-16-8-14-6-7-15(9-16)35(14)22-10-19(27(30,31)32)17(11-33-22)26(36)37/h1-3,10-11,13-16H,4-9,12H2,(H,36,37)/t14-,15?,16?/m0/s1. The lowest BCUT2D eigenvalue weighted by atomic mass is 9.98. The van der Waals surface area contributed by atoms with Crippen LogP contribution in [0.25, 0.3) is 11.3 Å².